The minimum Gasteiger partial charge on any atom is -0.441 e. The number of urea groups is 1. The minimum absolute atomic E-state index is 0.363. The van der Waals surface area contributed by atoms with E-state index in [-0.39, 0.29) is 6.09 Å². The van der Waals surface area contributed by atoms with Crippen LogP contribution in [-0.4, -0.2) is 42.3 Å². The molecule has 0 radical (unpaired) electrons. The van der Waals surface area contributed by atoms with Crippen molar-refractivity contribution in [3.8, 4) is 0 Å². The van der Waals surface area contributed by atoms with Gasteiger partial charge in [-0.1, -0.05) is 0 Å². The zero-order valence-corrected chi connectivity index (χ0v) is 7.78. The number of hydrogen-bond donors (Lipinski definition) is 2. The fourth-order valence-corrected chi connectivity index (χ4v) is 1.92. The molecule has 14 heavy (non-hydrogen) atoms. The Morgan fingerprint density at radius 3 is 2.57 bits per heavy atom. The highest BCUT2D eigenvalue weighted by molar-refractivity contribution is 5.72. The molecule has 3 amide bonds. The molecule has 0 bridgehead atoms. The molecule has 0 aliphatic carbocycles. The van der Waals surface area contributed by atoms with Gasteiger partial charge in [0.25, 0.3) is 0 Å². The van der Waals surface area contributed by atoms with Gasteiger partial charge in [0.2, 0.25) is 0 Å². The van der Waals surface area contributed by atoms with Gasteiger partial charge in [-0.2, -0.15) is 0 Å². The summed E-state index contributed by atoms with van der Waals surface area (Å²) in [5.74, 6) is 0. The Bertz CT molecular complexity index is 271. The summed E-state index contributed by atoms with van der Waals surface area (Å²) in [6.07, 6.45) is 0.959. The highest BCUT2D eigenvalue weighted by atomic mass is 16.6. The highest BCUT2D eigenvalue weighted by Crippen LogP contribution is 2.28. The molecular weight excluding hydrogens is 186 g/mol. The van der Waals surface area contributed by atoms with Crippen LogP contribution in [-0.2, 0) is 4.74 Å². The van der Waals surface area contributed by atoms with Gasteiger partial charge in [-0.3, -0.25) is 0 Å². The fraction of sp³-hybridized carbons (Fsp3) is 0.750. The lowest BCUT2D eigenvalue weighted by Gasteiger charge is -2.36. The number of nitrogens with zero attached hydrogens (tertiary/aromatic N) is 1. The van der Waals surface area contributed by atoms with Crippen LogP contribution in [0.5, 0.6) is 0 Å². The summed E-state index contributed by atoms with van der Waals surface area (Å²) >= 11 is 0. The Kier molecular flexibility index (Phi) is 1.98. The molecule has 2 rings (SSSR count). The van der Waals surface area contributed by atoms with Gasteiger partial charge in [-0.15, -0.1) is 0 Å². The van der Waals surface area contributed by atoms with Crippen LogP contribution in [0.1, 0.15) is 12.8 Å². The van der Waals surface area contributed by atoms with E-state index >= 15 is 0 Å². The maximum absolute atomic E-state index is 10.9. The van der Waals surface area contributed by atoms with Gasteiger partial charge in [-0.05, 0) is 0 Å². The molecule has 2 aliphatic rings. The molecule has 0 aromatic carbocycles. The van der Waals surface area contributed by atoms with Crippen molar-refractivity contribution in [2.45, 2.75) is 18.4 Å². The number of carbonyl (C=O) groups excluding carboxylic acids is 2. The average Bonchev–Trinajstić information content (AvgIpc) is 2.48. The van der Waals surface area contributed by atoms with E-state index in [0.717, 1.165) is 0 Å². The van der Waals surface area contributed by atoms with Gasteiger partial charge in [0, 0.05) is 25.9 Å². The molecule has 6 nitrogen and oxygen atoms in total. The van der Waals surface area contributed by atoms with Crippen LogP contribution in [0.2, 0.25) is 0 Å². The third kappa shape index (κ3) is 1.47. The Morgan fingerprint density at radius 1 is 1.50 bits per heavy atom. The maximum atomic E-state index is 10.9. The van der Waals surface area contributed by atoms with E-state index in [1.54, 1.807) is 4.90 Å². The SMILES string of the molecule is NC(=O)N1CCC2(CC1)CNC(=O)O2. The van der Waals surface area contributed by atoms with Crippen LogP contribution in [0.25, 0.3) is 0 Å². The van der Waals surface area contributed by atoms with Crippen molar-refractivity contribution in [1.29, 1.82) is 0 Å². The van der Waals surface area contributed by atoms with Crippen LogP contribution in [0.3, 0.4) is 0 Å². The third-order valence-corrected chi connectivity index (χ3v) is 2.85. The van der Waals surface area contributed by atoms with E-state index in [1.807, 2.05) is 0 Å². The van der Waals surface area contributed by atoms with E-state index in [4.69, 9.17) is 10.5 Å². The zero-order chi connectivity index (χ0) is 10.2. The van der Waals surface area contributed by atoms with Gasteiger partial charge in [-0.25, -0.2) is 9.59 Å². The number of likely N-dealkylation sites (tertiary alicyclic amines) is 1. The molecule has 78 valence electrons. The molecule has 0 aromatic heterocycles. The van der Waals surface area contributed by atoms with Crippen molar-refractivity contribution in [2.75, 3.05) is 19.6 Å². The van der Waals surface area contributed by atoms with Crippen molar-refractivity contribution in [2.24, 2.45) is 5.73 Å². The number of ether oxygens (including phenoxy) is 1. The molecule has 2 saturated heterocycles. The molecule has 3 N–H and O–H groups in total. The minimum atomic E-state index is -0.405. The van der Waals surface area contributed by atoms with Crippen LogP contribution < -0.4 is 11.1 Å². The molecule has 0 atom stereocenters. The highest BCUT2D eigenvalue weighted by Gasteiger charge is 2.43. The number of nitrogens with one attached hydrogen (secondary N) is 1. The zero-order valence-electron chi connectivity index (χ0n) is 7.78. The predicted octanol–water partition coefficient (Wildman–Crippen LogP) is -0.360. The van der Waals surface area contributed by atoms with Crippen LogP contribution in [0, 0.1) is 0 Å². The number of primary amides is 1. The summed E-state index contributed by atoms with van der Waals surface area (Å²) < 4.78 is 5.19. The largest absolute Gasteiger partial charge is 0.441 e. The predicted molar refractivity (Wildman–Crippen MR) is 47.6 cm³/mol. The maximum Gasteiger partial charge on any atom is 0.407 e. The normalized spacial score (nSPS) is 24.6. The number of hydrogen-bond acceptors (Lipinski definition) is 3. The topological polar surface area (TPSA) is 84.7 Å². The summed E-state index contributed by atoms with van der Waals surface area (Å²) in [5.41, 5.74) is 4.75. The van der Waals surface area contributed by atoms with E-state index in [9.17, 15) is 9.59 Å². The lowest BCUT2D eigenvalue weighted by Crippen LogP contribution is -2.50. The molecule has 0 aromatic rings. The average molecular weight is 199 g/mol. The lowest BCUT2D eigenvalue weighted by atomic mass is 9.92. The van der Waals surface area contributed by atoms with Gasteiger partial charge in [0.1, 0.15) is 5.60 Å². The second kappa shape index (κ2) is 3.04. The molecule has 0 saturated carbocycles. The monoisotopic (exact) mass is 199 g/mol. The molecule has 2 aliphatic heterocycles. The quantitative estimate of drug-likeness (QED) is 0.558. The number of piperidine rings is 1. The first kappa shape index (κ1) is 9.11. The smallest absolute Gasteiger partial charge is 0.407 e. The summed E-state index contributed by atoms with van der Waals surface area (Å²) in [6.45, 7) is 1.66. The lowest BCUT2D eigenvalue weighted by molar-refractivity contribution is 0.0106. The van der Waals surface area contributed by atoms with Gasteiger partial charge < -0.3 is 20.7 Å². The van der Waals surface area contributed by atoms with Gasteiger partial charge >= 0.3 is 12.1 Å². The summed E-state index contributed by atoms with van der Waals surface area (Å²) in [7, 11) is 0. The third-order valence-electron chi connectivity index (χ3n) is 2.85. The number of carbonyl (C=O) groups is 2. The van der Waals surface area contributed by atoms with E-state index in [1.165, 1.54) is 0 Å². The first-order chi connectivity index (χ1) is 6.61. The van der Waals surface area contributed by atoms with Crippen LogP contribution >= 0.6 is 0 Å². The Hall–Kier alpha value is -1.46. The fourth-order valence-electron chi connectivity index (χ4n) is 1.92. The molecule has 2 heterocycles. The molecular formula is C8H13N3O3. The van der Waals surface area contributed by atoms with Crippen molar-refractivity contribution in [1.82, 2.24) is 10.2 Å². The van der Waals surface area contributed by atoms with Crippen molar-refractivity contribution in [3.05, 3.63) is 0 Å². The summed E-state index contributed by atoms with van der Waals surface area (Å²) in [6, 6.07) is -0.405. The molecule has 2 fully saturated rings. The Morgan fingerprint density at radius 2 is 2.14 bits per heavy atom. The molecule has 6 heteroatoms. The van der Waals surface area contributed by atoms with Crippen molar-refractivity contribution in [3.63, 3.8) is 0 Å². The molecule has 0 unspecified atom stereocenters. The Labute approximate surface area is 81.4 Å². The van der Waals surface area contributed by atoms with Crippen LogP contribution in [0.4, 0.5) is 9.59 Å². The Balaban J connectivity index is 1.95. The van der Waals surface area contributed by atoms with Gasteiger partial charge in [0.15, 0.2) is 0 Å². The number of alkyl carbamates (subject to hydrolysis) is 1. The van der Waals surface area contributed by atoms with Gasteiger partial charge in [0.05, 0.1) is 6.54 Å². The standard InChI is InChI=1S/C8H13N3O3/c9-6(12)11-3-1-8(2-4-11)5-10-7(13)14-8/h1-5H2,(H2,9,12)(H,10,13). The van der Waals surface area contributed by atoms with E-state index in [0.29, 0.717) is 32.5 Å². The summed E-state index contributed by atoms with van der Waals surface area (Å²) in [4.78, 5) is 23.3. The van der Waals surface area contributed by atoms with Crippen LogP contribution in [0.15, 0.2) is 0 Å². The molecule has 1 spiro atoms. The number of rotatable bonds is 0. The number of amides is 3. The van der Waals surface area contributed by atoms with E-state index < -0.39 is 11.6 Å². The van der Waals surface area contributed by atoms with Crippen molar-refractivity contribution >= 4 is 12.1 Å². The first-order valence-electron chi connectivity index (χ1n) is 4.63. The second-order valence-electron chi connectivity index (χ2n) is 3.75. The number of nitrogens with two attached hydrogens (primary N) is 1. The van der Waals surface area contributed by atoms with E-state index in [2.05, 4.69) is 5.32 Å². The second-order valence-corrected chi connectivity index (χ2v) is 3.75. The van der Waals surface area contributed by atoms with Crippen molar-refractivity contribution < 1.29 is 14.3 Å². The summed E-state index contributed by atoms with van der Waals surface area (Å²) in [5, 5.41) is 2.63. The first-order valence-corrected chi connectivity index (χ1v) is 4.63.